The van der Waals surface area contributed by atoms with E-state index in [1.807, 2.05) is 44.7 Å². The number of nitrogens with one attached hydrogen (secondary N) is 1. The minimum absolute atomic E-state index is 0. The zero-order chi connectivity index (χ0) is 23.1. The van der Waals surface area contributed by atoms with E-state index < -0.39 is 5.60 Å². The molecule has 0 bridgehead atoms. The van der Waals surface area contributed by atoms with Crippen molar-refractivity contribution >= 4 is 36.0 Å². The smallest absolute Gasteiger partial charge is 0.410 e. The van der Waals surface area contributed by atoms with Gasteiger partial charge in [0.25, 0.3) is 0 Å². The molecular formula is C24H40IN5O3. The van der Waals surface area contributed by atoms with E-state index in [0.717, 1.165) is 44.0 Å². The van der Waals surface area contributed by atoms with Crippen molar-refractivity contribution in [3.63, 3.8) is 0 Å². The maximum absolute atomic E-state index is 12.9. The van der Waals surface area contributed by atoms with Gasteiger partial charge in [0, 0.05) is 51.0 Å². The molecule has 1 aliphatic carbocycles. The van der Waals surface area contributed by atoms with Crippen molar-refractivity contribution in [2.24, 2.45) is 10.9 Å². The third-order valence-corrected chi connectivity index (χ3v) is 5.76. The van der Waals surface area contributed by atoms with E-state index in [0.29, 0.717) is 24.9 Å². The summed E-state index contributed by atoms with van der Waals surface area (Å²) in [5.74, 6) is 2.15. The predicted octanol–water partition coefficient (Wildman–Crippen LogP) is 4.29. The molecule has 33 heavy (non-hydrogen) atoms. The molecule has 2 heterocycles. The van der Waals surface area contributed by atoms with Crippen molar-refractivity contribution in [2.75, 3.05) is 33.3 Å². The van der Waals surface area contributed by atoms with Crippen LogP contribution in [0.15, 0.2) is 23.3 Å². The van der Waals surface area contributed by atoms with Crippen molar-refractivity contribution < 1.29 is 14.3 Å². The monoisotopic (exact) mass is 573 g/mol. The molecule has 3 rings (SSSR count). The lowest BCUT2D eigenvalue weighted by Crippen LogP contribution is -2.52. The number of pyridine rings is 1. The van der Waals surface area contributed by atoms with Gasteiger partial charge in [0.1, 0.15) is 5.60 Å². The topological polar surface area (TPSA) is 79.3 Å². The zero-order valence-corrected chi connectivity index (χ0v) is 23.0. The van der Waals surface area contributed by atoms with Crippen molar-refractivity contribution in [1.29, 1.82) is 0 Å². The van der Waals surface area contributed by atoms with Gasteiger partial charge in [0.2, 0.25) is 5.88 Å². The van der Waals surface area contributed by atoms with E-state index in [2.05, 4.69) is 20.2 Å². The van der Waals surface area contributed by atoms with E-state index in [-0.39, 0.29) is 36.1 Å². The summed E-state index contributed by atoms with van der Waals surface area (Å²) in [6.45, 7) is 11.4. The lowest BCUT2D eigenvalue weighted by molar-refractivity contribution is 0.00928. The highest BCUT2D eigenvalue weighted by Crippen LogP contribution is 2.32. The maximum Gasteiger partial charge on any atom is 0.410 e. The lowest BCUT2D eigenvalue weighted by Gasteiger charge is -2.40. The Morgan fingerprint density at radius 3 is 2.55 bits per heavy atom. The molecule has 1 aromatic heterocycles. The zero-order valence-electron chi connectivity index (χ0n) is 20.7. The molecule has 8 nitrogen and oxygen atoms in total. The number of amides is 1. The van der Waals surface area contributed by atoms with Crippen LogP contribution in [0.25, 0.3) is 0 Å². The number of aromatic nitrogens is 1. The maximum atomic E-state index is 12.9. The van der Waals surface area contributed by atoms with Gasteiger partial charge in [0.15, 0.2) is 5.96 Å². The van der Waals surface area contributed by atoms with Crippen molar-refractivity contribution in [1.82, 2.24) is 20.1 Å². The molecule has 1 aromatic rings. The summed E-state index contributed by atoms with van der Waals surface area (Å²) in [6, 6.07) is 4.14. The fourth-order valence-corrected chi connectivity index (χ4v) is 3.99. The highest BCUT2D eigenvalue weighted by molar-refractivity contribution is 14.0. The molecular weight excluding hydrogens is 533 g/mol. The van der Waals surface area contributed by atoms with Gasteiger partial charge in [-0.25, -0.2) is 9.78 Å². The molecule has 1 saturated carbocycles. The number of halogens is 1. The lowest BCUT2D eigenvalue weighted by atomic mass is 10.0. The average molecular weight is 574 g/mol. The summed E-state index contributed by atoms with van der Waals surface area (Å²) in [6.07, 6.45) is 5.81. The van der Waals surface area contributed by atoms with E-state index in [9.17, 15) is 4.79 Å². The number of aliphatic imine (C=N–C) groups is 1. The van der Waals surface area contributed by atoms with Crippen LogP contribution in [0, 0.1) is 5.92 Å². The SMILES string of the molecule is CCOc1ncccc1CNC(=NC)N1CCC(N(CC2CC2)C(=O)OC(C)(C)C)CC1.I. The van der Waals surface area contributed by atoms with Crippen LogP contribution < -0.4 is 10.1 Å². The first kappa shape index (κ1) is 27.5. The van der Waals surface area contributed by atoms with Gasteiger partial charge in [-0.3, -0.25) is 4.99 Å². The fraction of sp³-hybridized carbons (Fsp3) is 0.708. The Bertz CT molecular complexity index is 787. The van der Waals surface area contributed by atoms with Crippen LogP contribution in [0.2, 0.25) is 0 Å². The highest BCUT2D eigenvalue weighted by atomic mass is 127. The molecule has 9 heteroatoms. The van der Waals surface area contributed by atoms with Crippen LogP contribution in [0.4, 0.5) is 4.79 Å². The minimum Gasteiger partial charge on any atom is -0.478 e. The van der Waals surface area contributed by atoms with Crippen LogP contribution in [0.3, 0.4) is 0 Å². The molecule has 1 aliphatic heterocycles. The number of ether oxygens (including phenoxy) is 2. The Hall–Kier alpha value is -1.78. The van der Waals surface area contributed by atoms with Crippen molar-refractivity contribution in [3.8, 4) is 5.88 Å². The van der Waals surface area contributed by atoms with Gasteiger partial charge in [-0.1, -0.05) is 6.07 Å². The first-order valence-corrected chi connectivity index (χ1v) is 11.8. The number of rotatable bonds is 7. The largest absolute Gasteiger partial charge is 0.478 e. The Morgan fingerprint density at radius 1 is 1.27 bits per heavy atom. The molecule has 1 N–H and O–H groups in total. The number of nitrogens with zero attached hydrogens (tertiary/aromatic N) is 4. The Kier molecular flexibility index (Phi) is 10.5. The molecule has 2 fully saturated rings. The first-order chi connectivity index (χ1) is 15.3. The summed E-state index contributed by atoms with van der Waals surface area (Å²) < 4.78 is 11.3. The number of carbonyl (C=O) groups is 1. The third kappa shape index (κ3) is 8.50. The first-order valence-electron chi connectivity index (χ1n) is 11.8. The fourth-order valence-electron chi connectivity index (χ4n) is 3.99. The van der Waals surface area contributed by atoms with E-state index in [4.69, 9.17) is 9.47 Å². The van der Waals surface area contributed by atoms with Gasteiger partial charge in [-0.15, -0.1) is 24.0 Å². The van der Waals surface area contributed by atoms with E-state index in [1.165, 1.54) is 12.8 Å². The van der Waals surface area contributed by atoms with Crippen LogP contribution in [-0.4, -0.2) is 71.8 Å². The number of likely N-dealkylation sites (tertiary alicyclic amines) is 1. The third-order valence-electron chi connectivity index (χ3n) is 5.76. The molecule has 2 aliphatic rings. The van der Waals surface area contributed by atoms with Gasteiger partial charge in [-0.05, 0) is 65.4 Å². The number of hydrogen-bond donors (Lipinski definition) is 1. The second-order valence-electron chi connectivity index (χ2n) is 9.60. The summed E-state index contributed by atoms with van der Waals surface area (Å²) in [7, 11) is 1.81. The van der Waals surface area contributed by atoms with Crippen molar-refractivity contribution in [2.45, 2.75) is 71.6 Å². The summed E-state index contributed by atoms with van der Waals surface area (Å²) in [5, 5.41) is 3.45. The van der Waals surface area contributed by atoms with Crippen molar-refractivity contribution in [3.05, 3.63) is 23.9 Å². The standard InChI is InChI=1S/C24H39N5O3.HI/c1-6-31-21-19(8-7-13-26-21)16-27-22(25-5)28-14-11-20(12-15-28)29(17-18-9-10-18)23(30)32-24(2,3)4;/h7-8,13,18,20H,6,9-12,14-17H2,1-5H3,(H,25,27);1H. The molecule has 0 aromatic carbocycles. The minimum atomic E-state index is -0.474. The summed E-state index contributed by atoms with van der Waals surface area (Å²) >= 11 is 0. The number of carbonyl (C=O) groups excluding carboxylic acids is 1. The molecule has 0 unspecified atom stereocenters. The Morgan fingerprint density at radius 2 is 1.97 bits per heavy atom. The molecule has 1 amide bonds. The molecule has 186 valence electrons. The highest BCUT2D eigenvalue weighted by Gasteiger charge is 2.35. The number of guanidine groups is 1. The van der Waals surface area contributed by atoms with Crippen LogP contribution in [-0.2, 0) is 11.3 Å². The van der Waals surface area contributed by atoms with Crippen LogP contribution in [0.1, 0.15) is 58.9 Å². The molecule has 0 radical (unpaired) electrons. The van der Waals surface area contributed by atoms with E-state index in [1.54, 1.807) is 13.2 Å². The number of hydrogen-bond acceptors (Lipinski definition) is 5. The summed E-state index contributed by atoms with van der Waals surface area (Å²) in [5.41, 5.74) is 0.531. The van der Waals surface area contributed by atoms with E-state index >= 15 is 0 Å². The molecule has 0 atom stereocenters. The van der Waals surface area contributed by atoms with Crippen LogP contribution in [0.5, 0.6) is 5.88 Å². The normalized spacial score (nSPS) is 17.2. The van der Waals surface area contributed by atoms with Gasteiger partial charge in [-0.2, -0.15) is 0 Å². The summed E-state index contributed by atoms with van der Waals surface area (Å²) in [4.78, 5) is 25.9. The predicted molar refractivity (Wildman–Crippen MR) is 141 cm³/mol. The molecule has 1 saturated heterocycles. The Balaban J connectivity index is 0.00000385. The second-order valence-corrected chi connectivity index (χ2v) is 9.60. The van der Waals surface area contributed by atoms with Gasteiger partial charge >= 0.3 is 6.09 Å². The quantitative estimate of drug-likeness (QED) is 0.298. The second kappa shape index (κ2) is 12.6. The molecule has 0 spiro atoms. The average Bonchev–Trinajstić information content (AvgIpc) is 3.57. The Labute approximate surface area is 215 Å². The van der Waals surface area contributed by atoms with Gasteiger partial charge < -0.3 is 24.6 Å². The van der Waals surface area contributed by atoms with Gasteiger partial charge in [0.05, 0.1) is 6.61 Å². The van der Waals surface area contributed by atoms with Crippen LogP contribution >= 0.6 is 24.0 Å². The number of piperidine rings is 1.